The molecule has 0 aliphatic heterocycles. The van der Waals surface area contributed by atoms with Gasteiger partial charge in [0, 0.05) is 16.3 Å². The normalized spacial score (nSPS) is 11.4. The van der Waals surface area contributed by atoms with E-state index in [-0.39, 0.29) is 5.69 Å². The summed E-state index contributed by atoms with van der Waals surface area (Å²) >= 11 is 5.98. The van der Waals surface area contributed by atoms with Gasteiger partial charge in [-0.2, -0.15) is 13.2 Å². The number of amides is 1. The summed E-state index contributed by atoms with van der Waals surface area (Å²) in [4.78, 5) is 10.9. The highest BCUT2D eigenvalue weighted by Crippen LogP contribution is 2.25. The zero-order valence-electron chi connectivity index (χ0n) is 12.5. The van der Waals surface area contributed by atoms with Crippen molar-refractivity contribution in [2.24, 2.45) is 0 Å². The molecule has 0 spiro atoms. The van der Waals surface area contributed by atoms with Crippen LogP contribution in [0.5, 0.6) is 0 Å². The molecule has 3 aromatic rings. The number of carbonyl (C=O) groups is 1. The molecule has 25 heavy (non-hydrogen) atoms. The molecule has 1 aromatic heterocycles. The summed E-state index contributed by atoms with van der Waals surface area (Å²) in [5.74, 6) is -2.03. The molecular formula is C16H10ClF3N4O. The van der Waals surface area contributed by atoms with E-state index in [4.69, 9.17) is 11.6 Å². The van der Waals surface area contributed by atoms with Gasteiger partial charge in [0.15, 0.2) is 0 Å². The topological polar surface area (TPSA) is 59.8 Å². The van der Waals surface area contributed by atoms with Crippen molar-refractivity contribution >= 4 is 23.2 Å². The van der Waals surface area contributed by atoms with Crippen LogP contribution in [-0.2, 0) is 4.79 Å². The van der Waals surface area contributed by atoms with Crippen LogP contribution in [0.25, 0.3) is 16.9 Å². The summed E-state index contributed by atoms with van der Waals surface area (Å²) in [5, 5.41) is 10.2. The fourth-order valence-electron chi connectivity index (χ4n) is 2.16. The molecule has 5 nitrogen and oxygen atoms in total. The summed E-state index contributed by atoms with van der Waals surface area (Å²) in [6, 6.07) is 12.8. The Hall–Kier alpha value is -2.87. The first kappa shape index (κ1) is 17.0. The minimum absolute atomic E-state index is 0.0236. The quantitative estimate of drug-likeness (QED) is 0.759. The van der Waals surface area contributed by atoms with E-state index in [1.54, 1.807) is 29.7 Å². The van der Waals surface area contributed by atoms with Crippen molar-refractivity contribution in [3.63, 3.8) is 0 Å². The van der Waals surface area contributed by atoms with Gasteiger partial charge in [-0.05, 0) is 36.4 Å². The van der Waals surface area contributed by atoms with Crippen LogP contribution in [0.4, 0.5) is 18.9 Å². The van der Waals surface area contributed by atoms with Crippen molar-refractivity contribution in [1.29, 1.82) is 0 Å². The maximum Gasteiger partial charge on any atom is 0.471 e. The molecule has 1 heterocycles. The second-order valence-electron chi connectivity index (χ2n) is 5.04. The van der Waals surface area contributed by atoms with Crippen molar-refractivity contribution in [2.45, 2.75) is 6.18 Å². The molecule has 0 atom stereocenters. The van der Waals surface area contributed by atoms with Crippen LogP contribution in [-0.4, -0.2) is 27.1 Å². The minimum atomic E-state index is -4.94. The Morgan fingerprint density at radius 3 is 2.48 bits per heavy atom. The number of aromatic nitrogens is 3. The number of nitrogens with one attached hydrogen (secondary N) is 1. The van der Waals surface area contributed by atoms with Gasteiger partial charge in [0.2, 0.25) is 0 Å². The molecule has 0 aliphatic carbocycles. The summed E-state index contributed by atoms with van der Waals surface area (Å²) in [5.41, 5.74) is 2.04. The first-order valence-corrected chi connectivity index (χ1v) is 7.37. The molecule has 0 aliphatic rings. The van der Waals surface area contributed by atoms with E-state index >= 15 is 0 Å². The Kier molecular flexibility index (Phi) is 4.45. The van der Waals surface area contributed by atoms with Crippen molar-refractivity contribution in [1.82, 2.24) is 15.0 Å². The number of carbonyl (C=O) groups excluding carboxylic acids is 1. The Bertz CT molecular complexity index is 906. The van der Waals surface area contributed by atoms with Crippen LogP contribution in [0.3, 0.4) is 0 Å². The monoisotopic (exact) mass is 366 g/mol. The molecule has 0 saturated heterocycles. The van der Waals surface area contributed by atoms with E-state index in [9.17, 15) is 18.0 Å². The van der Waals surface area contributed by atoms with E-state index < -0.39 is 12.1 Å². The van der Waals surface area contributed by atoms with E-state index in [1.165, 1.54) is 28.9 Å². The molecule has 0 unspecified atom stereocenters. The minimum Gasteiger partial charge on any atom is -0.318 e. The summed E-state index contributed by atoms with van der Waals surface area (Å²) in [7, 11) is 0. The van der Waals surface area contributed by atoms with E-state index in [0.717, 1.165) is 5.56 Å². The van der Waals surface area contributed by atoms with E-state index in [2.05, 4.69) is 10.3 Å². The van der Waals surface area contributed by atoms with Crippen molar-refractivity contribution < 1.29 is 18.0 Å². The first-order chi connectivity index (χ1) is 11.8. The third kappa shape index (κ3) is 3.80. The zero-order valence-corrected chi connectivity index (χ0v) is 13.2. The lowest BCUT2D eigenvalue weighted by atomic mass is 10.1. The third-order valence-electron chi connectivity index (χ3n) is 3.30. The molecule has 3 rings (SSSR count). The molecule has 1 N–H and O–H groups in total. The zero-order chi connectivity index (χ0) is 18.0. The van der Waals surface area contributed by atoms with Crippen molar-refractivity contribution in [2.75, 3.05) is 5.32 Å². The summed E-state index contributed by atoms with van der Waals surface area (Å²) in [6.45, 7) is 0. The van der Waals surface area contributed by atoms with E-state index in [1.807, 2.05) is 6.07 Å². The van der Waals surface area contributed by atoms with Gasteiger partial charge >= 0.3 is 12.1 Å². The number of anilines is 1. The van der Waals surface area contributed by atoms with Gasteiger partial charge in [-0.3, -0.25) is 4.79 Å². The fourth-order valence-corrected chi connectivity index (χ4v) is 2.35. The number of benzene rings is 2. The first-order valence-electron chi connectivity index (χ1n) is 7.00. The van der Waals surface area contributed by atoms with Gasteiger partial charge < -0.3 is 5.32 Å². The van der Waals surface area contributed by atoms with Crippen LogP contribution in [0, 0.1) is 0 Å². The van der Waals surface area contributed by atoms with Crippen LogP contribution >= 0.6 is 11.6 Å². The lowest BCUT2D eigenvalue weighted by molar-refractivity contribution is -0.167. The highest BCUT2D eigenvalue weighted by atomic mass is 35.5. The molecule has 128 valence electrons. The molecule has 2 aromatic carbocycles. The number of hydrogen-bond donors (Lipinski definition) is 1. The lowest BCUT2D eigenvalue weighted by Crippen LogP contribution is -2.29. The highest BCUT2D eigenvalue weighted by Gasteiger charge is 2.38. The maximum absolute atomic E-state index is 12.3. The smallest absolute Gasteiger partial charge is 0.318 e. The Morgan fingerprint density at radius 1 is 1.12 bits per heavy atom. The standard InChI is InChI=1S/C16H10ClF3N4O/c17-11-3-1-2-10(8-11)14-9-21-23-24(14)13-6-4-12(5-7-13)22-15(25)16(18,19)20/h1-9H,(H,22,25). The average Bonchev–Trinajstić information content (AvgIpc) is 3.04. The van der Waals surface area contributed by atoms with Gasteiger partial charge in [0.05, 0.1) is 17.6 Å². The molecular weight excluding hydrogens is 357 g/mol. The number of rotatable bonds is 3. The number of nitrogens with zero attached hydrogens (tertiary/aromatic N) is 3. The van der Waals surface area contributed by atoms with Crippen molar-refractivity contribution in [3.05, 3.63) is 59.8 Å². The summed E-state index contributed by atoms with van der Waals surface area (Å²) < 4.78 is 38.3. The van der Waals surface area contributed by atoms with Gasteiger partial charge in [-0.15, -0.1) is 5.10 Å². The van der Waals surface area contributed by atoms with Crippen LogP contribution < -0.4 is 5.32 Å². The van der Waals surface area contributed by atoms with Gasteiger partial charge in [0.1, 0.15) is 0 Å². The number of hydrogen-bond acceptors (Lipinski definition) is 3. The lowest BCUT2D eigenvalue weighted by Gasteiger charge is -2.10. The molecule has 9 heteroatoms. The van der Waals surface area contributed by atoms with Crippen molar-refractivity contribution in [3.8, 4) is 16.9 Å². The molecule has 0 saturated carbocycles. The second-order valence-corrected chi connectivity index (χ2v) is 5.48. The van der Waals surface area contributed by atoms with Crippen LogP contribution in [0.15, 0.2) is 54.7 Å². The predicted octanol–water partition coefficient (Wildman–Crippen LogP) is 4.09. The Labute approximate surface area is 145 Å². The Morgan fingerprint density at radius 2 is 1.84 bits per heavy atom. The molecule has 0 radical (unpaired) electrons. The fraction of sp³-hybridized carbons (Fsp3) is 0.0625. The highest BCUT2D eigenvalue weighted by molar-refractivity contribution is 6.30. The summed E-state index contributed by atoms with van der Waals surface area (Å²) in [6.07, 6.45) is -3.39. The van der Waals surface area contributed by atoms with E-state index in [0.29, 0.717) is 16.4 Å². The number of halogens is 4. The van der Waals surface area contributed by atoms with Gasteiger partial charge in [-0.1, -0.05) is 28.9 Å². The van der Waals surface area contributed by atoms with Gasteiger partial charge in [-0.25, -0.2) is 4.68 Å². The van der Waals surface area contributed by atoms with Gasteiger partial charge in [0.25, 0.3) is 0 Å². The molecule has 1 amide bonds. The Balaban J connectivity index is 1.87. The average molecular weight is 367 g/mol. The predicted molar refractivity (Wildman–Crippen MR) is 86.5 cm³/mol. The SMILES string of the molecule is O=C(Nc1ccc(-n2nncc2-c2cccc(Cl)c2)cc1)C(F)(F)F. The largest absolute Gasteiger partial charge is 0.471 e. The number of alkyl halides is 3. The maximum atomic E-state index is 12.3. The van der Waals surface area contributed by atoms with Crippen LogP contribution in [0.1, 0.15) is 0 Å². The third-order valence-corrected chi connectivity index (χ3v) is 3.53. The second kappa shape index (κ2) is 6.56. The molecule has 0 bridgehead atoms. The molecule has 0 fully saturated rings. The van der Waals surface area contributed by atoms with Crippen LogP contribution in [0.2, 0.25) is 5.02 Å².